The van der Waals surface area contributed by atoms with E-state index < -0.39 is 16.6 Å². The first-order valence-corrected chi connectivity index (χ1v) is 17.4. The summed E-state index contributed by atoms with van der Waals surface area (Å²) in [6.07, 6.45) is 2.18. The van der Waals surface area contributed by atoms with Gasteiger partial charge in [0.1, 0.15) is 0 Å². The number of rotatable bonds is 10. The number of benzene rings is 2. The Morgan fingerprint density at radius 2 is 1.04 bits per heavy atom. The molecule has 2 aromatic carbocycles. The third-order valence-electron chi connectivity index (χ3n) is 4.70. The quantitative estimate of drug-likeness (QED) is 0.387. The summed E-state index contributed by atoms with van der Waals surface area (Å²) in [6, 6.07) is 21.7. The van der Waals surface area contributed by atoms with Gasteiger partial charge in [-0.05, 0) is 63.3 Å². The first-order chi connectivity index (χ1) is 13.1. The van der Waals surface area contributed by atoms with Crippen molar-refractivity contribution in [3.05, 3.63) is 71.8 Å². The molecular formula is C24H38O2Si2. The lowest BCUT2D eigenvalue weighted by Gasteiger charge is -2.37. The van der Waals surface area contributed by atoms with Crippen LogP contribution in [0.5, 0.6) is 0 Å². The topological polar surface area (TPSA) is 18.5 Å². The molecule has 2 unspecified atom stereocenters. The van der Waals surface area contributed by atoms with E-state index in [2.05, 4.69) is 107 Å². The van der Waals surface area contributed by atoms with Crippen molar-refractivity contribution in [2.75, 3.05) is 0 Å². The van der Waals surface area contributed by atoms with Crippen LogP contribution in [0.2, 0.25) is 39.3 Å². The molecule has 0 saturated heterocycles. The van der Waals surface area contributed by atoms with Crippen molar-refractivity contribution < 1.29 is 8.85 Å². The molecule has 154 valence electrons. The fourth-order valence-electron chi connectivity index (χ4n) is 3.67. The normalized spacial score (nSPS) is 14.9. The Balaban J connectivity index is 2.38. The van der Waals surface area contributed by atoms with Crippen LogP contribution in [0.15, 0.2) is 60.7 Å². The van der Waals surface area contributed by atoms with E-state index in [4.69, 9.17) is 8.85 Å². The maximum atomic E-state index is 6.75. The average molecular weight is 415 g/mol. The van der Waals surface area contributed by atoms with Crippen LogP contribution in [0.3, 0.4) is 0 Å². The summed E-state index contributed by atoms with van der Waals surface area (Å²) in [5, 5.41) is 0. The second-order valence-electron chi connectivity index (χ2n) is 9.56. The number of hydrogen-bond acceptors (Lipinski definition) is 2. The van der Waals surface area contributed by atoms with Crippen molar-refractivity contribution in [1.29, 1.82) is 0 Å². The lowest BCUT2D eigenvalue weighted by molar-refractivity contribution is 0.0338. The largest absolute Gasteiger partial charge is 0.412 e. The lowest BCUT2D eigenvalue weighted by atomic mass is 9.85. The zero-order valence-electron chi connectivity index (χ0n) is 18.7. The molecule has 2 atom stereocenters. The zero-order chi connectivity index (χ0) is 20.8. The molecule has 0 saturated carbocycles. The van der Waals surface area contributed by atoms with Crippen LogP contribution in [-0.4, -0.2) is 28.8 Å². The Kier molecular flexibility index (Phi) is 8.25. The molecule has 0 aromatic heterocycles. The molecule has 0 aliphatic heterocycles. The van der Waals surface area contributed by atoms with Crippen molar-refractivity contribution >= 4 is 16.6 Å². The van der Waals surface area contributed by atoms with E-state index in [1.165, 1.54) is 11.1 Å². The van der Waals surface area contributed by atoms with Crippen LogP contribution in [0, 0.1) is 0 Å². The molecule has 0 radical (unpaired) electrons. The molecular weight excluding hydrogens is 376 g/mol. The van der Waals surface area contributed by atoms with Gasteiger partial charge in [0.25, 0.3) is 0 Å². The van der Waals surface area contributed by atoms with Crippen LogP contribution < -0.4 is 0 Å². The fraction of sp³-hybridized carbons (Fsp3) is 0.500. The maximum Gasteiger partial charge on any atom is 0.184 e. The molecule has 0 aliphatic rings. The molecule has 0 N–H and O–H groups in total. The molecule has 0 spiro atoms. The van der Waals surface area contributed by atoms with Crippen molar-refractivity contribution in [3.63, 3.8) is 0 Å². The van der Waals surface area contributed by atoms with Crippen LogP contribution in [0.25, 0.3) is 0 Å². The highest BCUT2D eigenvalue weighted by Crippen LogP contribution is 2.33. The zero-order valence-corrected chi connectivity index (χ0v) is 20.7. The molecule has 0 heterocycles. The van der Waals surface area contributed by atoms with Crippen molar-refractivity contribution in [1.82, 2.24) is 0 Å². The van der Waals surface area contributed by atoms with Gasteiger partial charge in [-0.2, -0.15) is 0 Å². The molecule has 0 aliphatic carbocycles. The average Bonchev–Trinajstić information content (AvgIpc) is 2.63. The van der Waals surface area contributed by atoms with E-state index in [-0.39, 0.29) is 12.2 Å². The monoisotopic (exact) mass is 414 g/mol. The summed E-state index contributed by atoms with van der Waals surface area (Å²) >= 11 is 0. The minimum absolute atomic E-state index is 0.105. The van der Waals surface area contributed by atoms with Crippen LogP contribution in [0.1, 0.15) is 36.8 Å². The summed E-state index contributed by atoms with van der Waals surface area (Å²) in [4.78, 5) is 0. The summed E-state index contributed by atoms with van der Waals surface area (Å²) in [5.74, 6) is 0.308. The Hall–Kier alpha value is -1.21. The number of hydrogen-bond donors (Lipinski definition) is 0. The van der Waals surface area contributed by atoms with Gasteiger partial charge < -0.3 is 8.85 Å². The van der Waals surface area contributed by atoms with Gasteiger partial charge in [-0.1, -0.05) is 67.6 Å². The minimum Gasteiger partial charge on any atom is -0.412 e. The van der Waals surface area contributed by atoms with Gasteiger partial charge in [0.05, 0.1) is 12.2 Å². The van der Waals surface area contributed by atoms with Gasteiger partial charge in [-0.3, -0.25) is 0 Å². The summed E-state index contributed by atoms with van der Waals surface area (Å²) in [6.45, 7) is 15.9. The first-order valence-electron chi connectivity index (χ1n) is 10.5. The van der Waals surface area contributed by atoms with Crippen molar-refractivity contribution in [3.8, 4) is 0 Å². The Morgan fingerprint density at radius 1 is 0.643 bits per heavy atom. The highest BCUT2D eigenvalue weighted by molar-refractivity contribution is 6.70. The first kappa shape index (κ1) is 23.1. The SMILES string of the molecule is CCC(O[Si](C)(C)C)C(CC(c1ccccc1)c1ccccc1)O[Si](C)(C)C. The Bertz CT molecular complexity index is 651. The second kappa shape index (κ2) is 10.0. The standard InChI is InChI=1S/C24H38O2Si2/c1-8-23(25-27(2,3)4)24(26-28(5,6)7)19-22(20-15-11-9-12-16-20)21-17-13-10-14-18-21/h9-18,22-24H,8,19H2,1-7H3. The van der Waals surface area contributed by atoms with E-state index in [1.54, 1.807) is 0 Å². The fourth-order valence-corrected chi connectivity index (χ4v) is 6.06. The van der Waals surface area contributed by atoms with Gasteiger partial charge in [0.15, 0.2) is 16.6 Å². The third kappa shape index (κ3) is 7.66. The molecule has 2 rings (SSSR count). The smallest absolute Gasteiger partial charge is 0.184 e. The summed E-state index contributed by atoms with van der Waals surface area (Å²) in [5.41, 5.74) is 2.70. The summed E-state index contributed by atoms with van der Waals surface area (Å²) < 4.78 is 13.4. The van der Waals surface area contributed by atoms with E-state index in [9.17, 15) is 0 Å². The van der Waals surface area contributed by atoms with Crippen LogP contribution in [0.4, 0.5) is 0 Å². The van der Waals surface area contributed by atoms with Crippen molar-refractivity contribution in [2.24, 2.45) is 0 Å². The van der Waals surface area contributed by atoms with Gasteiger partial charge >= 0.3 is 0 Å². The molecule has 4 heteroatoms. The highest BCUT2D eigenvalue weighted by atomic mass is 28.4. The van der Waals surface area contributed by atoms with Gasteiger partial charge in [0.2, 0.25) is 0 Å². The van der Waals surface area contributed by atoms with E-state index >= 15 is 0 Å². The van der Waals surface area contributed by atoms with E-state index in [1.807, 2.05) is 0 Å². The second-order valence-corrected chi connectivity index (χ2v) is 18.5. The third-order valence-corrected chi connectivity index (χ3v) is 6.72. The van der Waals surface area contributed by atoms with Crippen molar-refractivity contribution in [2.45, 2.75) is 77.2 Å². The highest BCUT2D eigenvalue weighted by Gasteiger charge is 2.33. The lowest BCUT2D eigenvalue weighted by Crippen LogP contribution is -2.45. The Labute approximate surface area is 174 Å². The molecule has 0 bridgehead atoms. The van der Waals surface area contributed by atoms with Gasteiger partial charge in [-0.15, -0.1) is 0 Å². The van der Waals surface area contributed by atoms with Gasteiger partial charge in [0, 0.05) is 5.92 Å². The maximum absolute atomic E-state index is 6.75. The van der Waals surface area contributed by atoms with E-state index in [0.29, 0.717) is 5.92 Å². The van der Waals surface area contributed by atoms with E-state index in [0.717, 1.165) is 12.8 Å². The van der Waals surface area contributed by atoms with Crippen LogP contribution in [-0.2, 0) is 8.85 Å². The summed E-state index contributed by atoms with van der Waals surface area (Å²) in [7, 11) is -3.36. The molecule has 2 nitrogen and oxygen atoms in total. The van der Waals surface area contributed by atoms with Crippen LogP contribution >= 0.6 is 0 Å². The predicted octanol–water partition coefficient (Wildman–Crippen LogP) is 7.06. The molecule has 28 heavy (non-hydrogen) atoms. The van der Waals surface area contributed by atoms with Gasteiger partial charge in [-0.25, -0.2) is 0 Å². The minimum atomic E-state index is -1.71. The predicted molar refractivity (Wildman–Crippen MR) is 126 cm³/mol. The molecule has 0 amide bonds. The molecule has 2 aromatic rings. The molecule has 0 fully saturated rings. The Morgan fingerprint density at radius 3 is 1.39 bits per heavy atom.